The van der Waals surface area contributed by atoms with Gasteiger partial charge in [-0.1, -0.05) is 30.3 Å². The number of benzene rings is 3. The zero-order valence-electron chi connectivity index (χ0n) is 15.4. The molecule has 140 valence electrons. The van der Waals surface area contributed by atoms with Gasteiger partial charge in [-0.25, -0.2) is 0 Å². The lowest BCUT2D eigenvalue weighted by molar-refractivity contribution is 0.0919. The van der Waals surface area contributed by atoms with Crippen LogP contribution in [-0.2, 0) is 6.61 Å². The van der Waals surface area contributed by atoms with Crippen LogP contribution in [0.15, 0.2) is 72.8 Å². The molecule has 0 fully saturated rings. The number of hydrogen-bond donors (Lipinski definition) is 0. The van der Waals surface area contributed by atoms with Crippen LogP contribution in [0.1, 0.15) is 21.5 Å². The fourth-order valence-electron chi connectivity index (χ4n) is 2.56. The molecule has 0 saturated heterocycles. The van der Waals surface area contributed by atoms with Crippen LogP contribution in [0.5, 0.6) is 17.2 Å². The molecule has 0 spiro atoms. The summed E-state index contributed by atoms with van der Waals surface area (Å²) in [4.78, 5) is 12.4. The van der Waals surface area contributed by atoms with Crippen LogP contribution in [0.4, 0.5) is 0 Å². The summed E-state index contributed by atoms with van der Waals surface area (Å²) in [6.45, 7) is 0.336. The van der Waals surface area contributed by atoms with Crippen molar-refractivity contribution < 1.29 is 19.0 Å². The van der Waals surface area contributed by atoms with E-state index < -0.39 is 0 Å². The minimum Gasteiger partial charge on any atom is -0.493 e. The van der Waals surface area contributed by atoms with E-state index in [4.69, 9.17) is 19.5 Å². The van der Waals surface area contributed by atoms with Crippen LogP contribution in [0.25, 0.3) is 0 Å². The van der Waals surface area contributed by atoms with E-state index in [0.717, 1.165) is 5.56 Å². The summed E-state index contributed by atoms with van der Waals surface area (Å²) >= 11 is 0. The fraction of sp³-hybridized carbons (Fsp3) is 0.130. The van der Waals surface area contributed by atoms with Crippen LogP contribution >= 0.6 is 0 Å². The number of Topliss-reactive ketones (excluding diaryl/α,β-unsaturated/α-hetero) is 1. The molecule has 3 rings (SSSR count). The second kappa shape index (κ2) is 9.24. The van der Waals surface area contributed by atoms with Gasteiger partial charge in [0.1, 0.15) is 12.4 Å². The van der Waals surface area contributed by atoms with Gasteiger partial charge in [-0.3, -0.25) is 4.79 Å². The largest absolute Gasteiger partial charge is 0.493 e. The molecule has 0 aromatic heterocycles. The molecule has 0 unspecified atom stereocenters. The summed E-state index contributed by atoms with van der Waals surface area (Å²) in [5, 5.41) is 8.93. The van der Waals surface area contributed by atoms with Crippen molar-refractivity contribution in [1.29, 1.82) is 5.26 Å². The van der Waals surface area contributed by atoms with E-state index in [0.29, 0.717) is 35.0 Å². The molecule has 3 aromatic carbocycles. The third kappa shape index (κ3) is 4.89. The van der Waals surface area contributed by atoms with Crippen molar-refractivity contribution in [2.45, 2.75) is 6.61 Å². The molecule has 0 heterocycles. The van der Waals surface area contributed by atoms with Gasteiger partial charge >= 0.3 is 0 Å². The summed E-state index contributed by atoms with van der Waals surface area (Å²) in [7, 11) is 1.49. The second-order valence-corrected chi connectivity index (χ2v) is 5.99. The molecule has 28 heavy (non-hydrogen) atoms. The molecule has 3 aromatic rings. The highest BCUT2D eigenvalue weighted by molar-refractivity contribution is 5.97. The van der Waals surface area contributed by atoms with E-state index in [2.05, 4.69) is 0 Å². The normalized spacial score (nSPS) is 10.0. The van der Waals surface area contributed by atoms with Crippen LogP contribution in [0.2, 0.25) is 0 Å². The van der Waals surface area contributed by atoms with Gasteiger partial charge in [-0.05, 0) is 42.0 Å². The molecule has 0 saturated carbocycles. The predicted molar refractivity (Wildman–Crippen MR) is 105 cm³/mol. The van der Waals surface area contributed by atoms with Gasteiger partial charge in [0.15, 0.2) is 23.9 Å². The molecule has 5 heteroatoms. The highest BCUT2D eigenvalue weighted by Crippen LogP contribution is 2.28. The standard InChI is InChI=1S/C23H19NO4/c1-26-23-13-18(14-24)7-12-22(23)28-16-21(25)19-8-10-20(11-9-19)27-15-17-5-3-2-4-6-17/h2-13H,15-16H2,1H3. The smallest absolute Gasteiger partial charge is 0.200 e. The summed E-state index contributed by atoms with van der Waals surface area (Å²) in [6, 6.07) is 23.6. The Labute approximate surface area is 163 Å². The van der Waals surface area contributed by atoms with Crippen molar-refractivity contribution in [1.82, 2.24) is 0 Å². The maximum absolute atomic E-state index is 12.4. The van der Waals surface area contributed by atoms with Crippen molar-refractivity contribution in [2.75, 3.05) is 13.7 Å². The van der Waals surface area contributed by atoms with E-state index in [9.17, 15) is 4.79 Å². The molecular weight excluding hydrogens is 354 g/mol. The minimum absolute atomic E-state index is 0.132. The van der Waals surface area contributed by atoms with Crippen molar-refractivity contribution >= 4 is 5.78 Å². The number of rotatable bonds is 8. The van der Waals surface area contributed by atoms with Gasteiger partial charge in [0.05, 0.1) is 18.7 Å². The Morgan fingerprint density at radius 2 is 1.68 bits per heavy atom. The first-order chi connectivity index (χ1) is 13.7. The number of nitriles is 1. The van der Waals surface area contributed by atoms with Crippen LogP contribution in [-0.4, -0.2) is 19.5 Å². The quantitative estimate of drug-likeness (QED) is 0.547. The predicted octanol–water partition coefficient (Wildman–Crippen LogP) is 4.41. The topological polar surface area (TPSA) is 68.5 Å². The Kier molecular flexibility index (Phi) is 6.27. The zero-order chi connectivity index (χ0) is 19.8. The molecule has 0 aliphatic rings. The van der Waals surface area contributed by atoms with Crippen molar-refractivity contribution in [3.63, 3.8) is 0 Å². The Morgan fingerprint density at radius 1 is 0.929 bits per heavy atom. The monoisotopic (exact) mass is 373 g/mol. The van der Waals surface area contributed by atoms with Crippen molar-refractivity contribution in [3.8, 4) is 23.3 Å². The van der Waals surface area contributed by atoms with Gasteiger partial charge in [0.25, 0.3) is 0 Å². The summed E-state index contributed by atoms with van der Waals surface area (Å²) in [5.74, 6) is 1.35. The summed E-state index contributed by atoms with van der Waals surface area (Å²) < 4.78 is 16.5. The van der Waals surface area contributed by atoms with Gasteiger partial charge < -0.3 is 14.2 Å². The number of ketones is 1. The number of carbonyl (C=O) groups is 1. The van der Waals surface area contributed by atoms with E-state index in [1.807, 2.05) is 36.4 Å². The molecule has 0 amide bonds. The van der Waals surface area contributed by atoms with Crippen LogP contribution in [0, 0.1) is 11.3 Å². The minimum atomic E-state index is -0.166. The number of nitrogens with zero attached hydrogens (tertiary/aromatic N) is 1. The molecular formula is C23H19NO4. The average molecular weight is 373 g/mol. The average Bonchev–Trinajstić information content (AvgIpc) is 2.77. The lowest BCUT2D eigenvalue weighted by Crippen LogP contribution is -2.12. The fourth-order valence-corrected chi connectivity index (χ4v) is 2.56. The molecule has 0 atom stereocenters. The second-order valence-electron chi connectivity index (χ2n) is 5.99. The van der Waals surface area contributed by atoms with E-state index >= 15 is 0 Å². The van der Waals surface area contributed by atoms with Crippen LogP contribution < -0.4 is 14.2 Å². The number of ether oxygens (including phenoxy) is 3. The van der Waals surface area contributed by atoms with E-state index in [1.54, 1.807) is 42.5 Å². The molecule has 0 aliphatic carbocycles. The molecule has 0 aliphatic heterocycles. The van der Waals surface area contributed by atoms with E-state index in [-0.39, 0.29) is 12.4 Å². The number of hydrogen-bond acceptors (Lipinski definition) is 5. The van der Waals surface area contributed by atoms with Gasteiger partial charge in [0, 0.05) is 11.6 Å². The molecule has 0 bridgehead atoms. The number of carbonyl (C=O) groups excluding carboxylic acids is 1. The summed E-state index contributed by atoms with van der Waals surface area (Å²) in [6.07, 6.45) is 0. The van der Waals surface area contributed by atoms with Gasteiger partial charge in [-0.2, -0.15) is 5.26 Å². The third-order valence-electron chi connectivity index (χ3n) is 4.08. The van der Waals surface area contributed by atoms with E-state index in [1.165, 1.54) is 7.11 Å². The SMILES string of the molecule is COc1cc(C#N)ccc1OCC(=O)c1ccc(OCc2ccccc2)cc1. The van der Waals surface area contributed by atoms with Crippen LogP contribution in [0.3, 0.4) is 0 Å². The lowest BCUT2D eigenvalue weighted by Gasteiger charge is -2.11. The molecule has 0 radical (unpaired) electrons. The summed E-state index contributed by atoms with van der Waals surface area (Å²) in [5.41, 5.74) is 2.06. The van der Waals surface area contributed by atoms with Crippen molar-refractivity contribution in [2.24, 2.45) is 0 Å². The number of methoxy groups -OCH3 is 1. The maximum Gasteiger partial charge on any atom is 0.200 e. The Bertz CT molecular complexity index is 976. The maximum atomic E-state index is 12.4. The zero-order valence-corrected chi connectivity index (χ0v) is 15.4. The van der Waals surface area contributed by atoms with Crippen molar-refractivity contribution in [3.05, 3.63) is 89.5 Å². The highest BCUT2D eigenvalue weighted by Gasteiger charge is 2.11. The Hall–Kier alpha value is -3.78. The molecule has 0 N–H and O–H groups in total. The molecule has 5 nitrogen and oxygen atoms in total. The first kappa shape index (κ1) is 19.0. The van der Waals surface area contributed by atoms with Gasteiger partial charge in [0.2, 0.25) is 0 Å². The Morgan fingerprint density at radius 3 is 2.36 bits per heavy atom. The first-order valence-electron chi connectivity index (χ1n) is 8.70. The van der Waals surface area contributed by atoms with Gasteiger partial charge in [-0.15, -0.1) is 0 Å². The lowest BCUT2D eigenvalue weighted by atomic mass is 10.1. The third-order valence-corrected chi connectivity index (χ3v) is 4.08. The Balaban J connectivity index is 1.57. The first-order valence-corrected chi connectivity index (χ1v) is 8.70. The highest BCUT2D eigenvalue weighted by atomic mass is 16.5.